The summed E-state index contributed by atoms with van der Waals surface area (Å²) in [5, 5.41) is 3.28. The molecular formula is C14H23NO3S. The Morgan fingerprint density at radius 1 is 1.16 bits per heavy atom. The van der Waals surface area contributed by atoms with E-state index in [2.05, 4.69) is 26.1 Å². The second-order valence-electron chi connectivity index (χ2n) is 5.52. The molecule has 0 spiro atoms. The van der Waals surface area contributed by atoms with Gasteiger partial charge < -0.3 is 10.1 Å². The Labute approximate surface area is 116 Å². The van der Waals surface area contributed by atoms with Crippen LogP contribution < -0.4 is 10.1 Å². The van der Waals surface area contributed by atoms with E-state index in [-0.39, 0.29) is 11.3 Å². The Kier molecular flexibility index (Phi) is 5.38. The minimum Gasteiger partial charge on any atom is -0.497 e. The van der Waals surface area contributed by atoms with Crippen molar-refractivity contribution in [2.24, 2.45) is 0 Å². The van der Waals surface area contributed by atoms with Crippen molar-refractivity contribution in [3.05, 3.63) is 24.3 Å². The monoisotopic (exact) mass is 285 g/mol. The topological polar surface area (TPSA) is 55.4 Å². The molecule has 0 fully saturated rings. The highest BCUT2D eigenvalue weighted by Crippen LogP contribution is 2.17. The van der Waals surface area contributed by atoms with Crippen molar-refractivity contribution in [2.75, 3.05) is 19.4 Å². The first-order valence-electron chi connectivity index (χ1n) is 6.36. The van der Waals surface area contributed by atoms with Crippen molar-refractivity contribution < 1.29 is 13.2 Å². The average molecular weight is 285 g/mol. The molecule has 0 aliphatic heterocycles. The van der Waals surface area contributed by atoms with Gasteiger partial charge in [-0.1, -0.05) is 0 Å². The highest BCUT2D eigenvalue weighted by Gasteiger charge is 2.15. The maximum Gasteiger partial charge on any atom is 0.178 e. The summed E-state index contributed by atoms with van der Waals surface area (Å²) in [6, 6.07) is 6.51. The van der Waals surface area contributed by atoms with Crippen LogP contribution >= 0.6 is 0 Å². The van der Waals surface area contributed by atoms with Gasteiger partial charge in [0, 0.05) is 5.54 Å². The molecule has 0 aliphatic carbocycles. The molecule has 1 aromatic rings. The predicted molar refractivity (Wildman–Crippen MR) is 77.4 cm³/mol. The number of nitrogens with one attached hydrogen (secondary N) is 1. The number of rotatable bonds is 6. The smallest absolute Gasteiger partial charge is 0.178 e. The molecule has 1 aromatic carbocycles. The first kappa shape index (κ1) is 16.0. The number of ether oxygens (including phenoxy) is 1. The highest BCUT2D eigenvalue weighted by atomic mass is 32.2. The lowest BCUT2D eigenvalue weighted by molar-refractivity contribution is 0.414. The van der Waals surface area contributed by atoms with Gasteiger partial charge in [-0.3, -0.25) is 0 Å². The maximum atomic E-state index is 12.1. The van der Waals surface area contributed by atoms with Crippen LogP contribution in [-0.4, -0.2) is 33.4 Å². The normalized spacial score (nSPS) is 12.4. The van der Waals surface area contributed by atoms with Crippen molar-refractivity contribution >= 4 is 9.84 Å². The van der Waals surface area contributed by atoms with Gasteiger partial charge in [0.1, 0.15) is 5.75 Å². The van der Waals surface area contributed by atoms with Crippen LogP contribution in [0.15, 0.2) is 29.2 Å². The quantitative estimate of drug-likeness (QED) is 0.815. The summed E-state index contributed by atoms with van der Waals surface area (Å²) in [4.78, 5) is 0.351. The fraction of sp³-hybridized carbons (Fsp3) is 0.571. The third-order valence-electron chi connectivity index (χ3n) is 2.66. The molecule has 0 amide bonds. The zero-order valence-corrected chi connectivity index (χ0v) is 12.9. The largest absolute Gasteiger partial charge is 0.497 e. The van der Waals surface area contributed by atoms with Gasteiger partial charge in [0.15, 0.2) is 9.84 Å². The van der Waals surface area contributed by atoms with E-state index in [1.54, 1.807) is 31.4 Å². The Morgan fingerprint density at radius 3 is 2.21 bits per heavy atom. The van der Waals surface area contributed by atoms with Crippen LogP contribution in [0, 0.1) is 0 Å². The van der Waals surface area contributed by atoms with Gasteiger partial charge in [0.25, 0.3) is 0 Å². The van der Waals surface area contributed by atoms with Crippen LogP contribution in [-0.2, 0) is 9.84 Å². The van der Waals surface area contributed by atoms with Gasteiger partial charge in [-0.15, -0.1) is 0 Å². The third-order valence-corrected chi connectivity index (χ3v) is 4.48. The van der Waals surface area contributed by atoms with E-state index in [1.807, 2.05) is 0 Å². The molecule has 1 rings (SSSR count). The van der Waals surface area contributed by atoms with Gasteiger partial charge in [-0.2, -0.15) is 0 Å². The number of methoxy groups -OCH3 is 1. The number of hydrogen-bond donors (Lipinski definition) is 1. The minimum atomic E-state index is -3.20. The molecule has 0 heterocycles. The molecule has 19 heavy (non-hydrogen) atoms. The van der Waals surface area contributed by atoms with Crippen molar-refractivity contribution in [1.29, 1.82) is 0 Å². The highest BCUT2D eigenvalue weighted by molar-refractivity contribution is 7.91. The van der Waals surface area contributed by atoms with Crippen LogP contribution in [0.4, 0.5) is 0 Å². The summed E-state index contributed by atoms with van der Waals surface area (Å²) in [7, 11) is -1.64. The summed E-state index contributed by atoms with van der Waals surface area (Å²) in [6.07, 6.45) is 0.603. The second kappa shape index (κ2) is 6.39. The number of sulfone groups is 1. The maximum absolute atomic E-state index is 12.1. The second-order valence-corrected chi connectivity index (χ2v) is 7.63. The van der Waals surface area contributed by atoms with Crippen molar-refractivity contribution in [2.45, 2.75) is 37.6 Å². The van der Waals surface area contributed by atoms with E-state index in [4.69, 9.17) is 4.74 Å². The molecule has 108 valence electrons. The summed E-state index contributed by atoms with van der Waals surface area (Å²) in [6.45, 7) is 6.87. The van der Waals surface area contributed by atoms with E-state index in [9.17, 15) is 8.42 Å². The van der Waals surface area contributed by atoms with Crippen molar-refractivity contribution in [3.8, 4) is 5.75 Å². The van der Waals surface area contributed by atoms with Crippen molar-refractivity contribution in [3.63, 3.8) is 0 Å². The number of benzene rings is 1. The van der Waals surface area contributed by atoms with Gasteiger partial charge in [-0.05, 0) is 58.0 Å². The van der Waals surface area contributed by atoms with Crippen LogP contribution in [0.5, 0.6) is 5.75 Å². The SMILES string of the molecule is COc1ccc(S(=O)(=O)CCCNC(C)(C)C)cc1. The molecule has 4 nitrogen and oxygen atoms in total. The average Bonchev–Trinajstić information content (AvgIpc) is 2.34. The molecule has 0 aliphatic rings. The lowest BCUT2D eigenvalue weighted by Crippen LogP contribution is -2.36. The van der Waals surface area contributed by atoms with Gasteiger partial charge in [0.2, 0.25) is 0 Å². The Balaban J connectivity index is 2.56. The van der Waals surface area contributed by atoms with Gasteiger partial charge >= 0.3 is 0 Å². The minimum absolute atomic E-state index is 0.0177. The molecule has 0 aromatic heterocycles. The van der Waals surface area contributed by atoms with E-state index in [1.165, 1.54) is 0 Å². The first-order valence-corrected chi connectivity index (χ1v) is 8.02. The Hall–Kier alpha value is -1.07. The first-order chi connectivity index (χ1) is 8.74. The molecule has 0 saturated carbocycles. The van der Waals surface area contributed by atoms with E-state index in [0.717, 1.165) is 0 Å². The molecule has 0 atom stereocenters. The van der Waals surface area contributed by atoms with E-state index >= 15 is 0 Å². The zero-order valence-electron chi connectivity index (χ0n) is 12.1. The summed E-state index contributed by atoms with van der Waals surface area (Å²) < 4.78 is 29.2. The molecule has 1 N–H and O–H groups in total. The van der Waals surface area contributed by atoms with Crippen molar-refractivity contribution in [1.82, 2.24) is 5.32 Å². The molecule has 5 heteroatoms. The summed E-state index contributed by atoms with van der Waals surface area (Å²) in [5.41, 5.74) is 0.0177. The van der Waals surface area contributed by atoms with Gasteiger partial charge in [-0.25, -0.2) is 8.42 Å². The Bertz CT molecular complexity index is 486. The summed E-state index contributed by atoms with van der Waals surface area (Å²) in [5.74, 6) is 0.816. The lowest BCUT2D eigenvalue weighted by Gasteiger charge is -2.20. The lowest BCUT2D eigenvalue weighted by atomic mass is 10.1. The number of hydrogen-bond acceptors (Lipinski definition) is 4. The van der Waals surface area contributed by atoms with Gasteiger partial charge in [0.05, 0.1) is 17.8 Å². The Morgan fingerprint density at radius 2 is 1.74 bits per heavy atom. The van der Waals surface area contributed by atoms with Crippen LogP contribution in [0.25, 0.3) is 0 Å². The van der Waals surface area contributed by atoms with E-state index in [0.29, 0.717) is 23.6 Å². The fourth-order valence-electron chi connectivity index (χ4n) is 1.63. The van der Waals surface area contributed by atoms with Crippen LogP contribution in [0.2, 0.25) is 0 Å². The fourth-order valence-corrected chi connectivity index (χ4v) is 2.94. The summed E-state index contributed by atoms with van der Waals surface area (Å²) >= 11 is 0. The zero-order chi connectivity index (χ0) is 14.5. The van der Waals surface area contributed by atoms with Crippen LogP contribution in [0.1, 0.15) is 27.2 Å². The third kappa shape index (κ3) is 5.61. The van der Waals surface area contributed by atoms with Crippen LogP contribution in [0.3, 0.4) is 0 Å². The predicted octanol–water partition coefficient (Wildman–Crippen LogP) is 2.25. The molecule has 0 bridgehead atoms. The molecule has 0 radical (unpaired) electrons. The molecule has 0 saturated heterocycles. The molecular weight excluding hydrogens is 262 g/mol. The standard InChI is InChI=1S/C14H23NO3S/c1-14(2,3)15-10-5-11-19(16,17)13-8-6-12(18-4)7-9-13/h6-9,15H,5,10-11H2,1-4H3. The molecule has 0 unspecified atom stereocenters. The van der Waals surface area contributed by atoms with E-state index < -0.39 is 9.84 Å².